The molecule has 0 spiro atoms. The Hall–Kier alpha value is -2.62. The van der Waals surface area contributed by atoms with E-state index in [4.69, 9.17) is 4.74 Å². The van der Waals surface area contributed by atoms with Gasteiger partial charge in [0.25, 0.3) is 5.56 Å². The highest BCUT2D eigenvalue weighted by Crippen LogP contribution is 2.27. The lowest BCUT2D eigenvalue weighted by Crippen LogP contribution is -2.10. The SMILES string of the molecule is CC(C)COc1ccccc1-c1nc2ccccc2c(=O)[nH]1. The van der Waals surface area contributed by atoms with Gasteiger partial charge in [0, 0.05) is 0 Å². The van der Waals surface area contributed by atoms with E-state index in [2.05, 4.69) is 23.8 Å². The van der Waals surface area contributed by atoms with E-state index in [0.717, 1.165) is 11.3 Å². The predicted octanol–water partition coefficient (Wildman–Crippen LogP) is 3.62. The van der Waals surface area contributed by atoms with Gasteiger partial charge in [-0.1, -0.05) is 38.1 Å². The van der Waals surface area contributed by atoms with Crippen LogP contribution in [0.1, 0.15) is 13.8 Å². The number of aromatic amines is 1. The van der Waals surface area contributed by atoms with Crippen LogP contribution in [-0.4, -0.2) is 16.6 Å². The van der Waals surface area contributed by atoms with Crippen LogP contribution < -0.4 is 10.3 Å². The molecule has 112 valence electrons. The fourth-order valence-electron chi connectivity index (χ4n) is 2.26. The smallest absolute Gasteiger partial charge is 0.259 e. The lowest BCUT2D eigenvalue weighted by molar-refractivity contribution is 0.272. The molecule has 0 aliphatic rings. The summed E-state index contributed by atoms with van der Waals surface area (Å²) < 4.78 is 5.84. The summed E-state index contributed by atoms with van der Waals surface area (Å²) in [4.78, 5) is 19.6. The van der Waals surface area contributed by atoms with Crippen LogP contribution in [0.25, 0.3) is 22.3 Å². The second-order valence-electron chi connectivity index (χ2n) is 5.63. The molecule has 0 amide bonds. The highest BCUT2D eigenvalue weighted by atomic mass is 16.5. The zero-order chi connectivity index (χ0) is 15.5. The summed E-state index contributed by atoms with van der Waals surface area (Å²) in [6, 6.07) is 14.9. The van der Waals surface area contributed by atoms with Crippen molar-refractivity contribution in [2.75, 3.05) is 6.61 Å². The second-order valence-corrected chi connectivity index (χ2v) is 5.63. The van der Waals surface area contributed by atoms with E-state index in [-0.39, 0.29) is 5.56 Å². The van der Waals surface area contributed by atoms with E-state index in [9.17, 15) is 4.79 Å². The summed E-state index contributed by atoms with van der Waals surface area (Å²) >= 11 is 0. The molecule has 4 nitrogen and oxygen atoms in total. The lowest BCUT2D eigenvalue weighted by atomic mass is 10.1. The largest absolute Gasteiger partial charge is 0.493 e. The van der Waals surface area contributed by atoms with Crippen molar-refractivity contribution in [3.63, 3.8) is 0 Å². The highest BCUT2D eigenvalue weighted by molar-refractivity contribution is 5.80. The summed E-state index contributed by atoms with van der Waals surface area (Å²) in [5.74, 6) is 1.69. The number of rotatable bonds is 4. The van der Waals surface area contributed by atoms with E-state index < -0.39 is 0 Å². The van der Waals surface area contributed by atoms with Gasteiger partial charge in [-0.2, -0.15) is 0 Å². The zero-order valence-corrected chi connectivity index (χ0v) is 12.7. The molecular weight excluding hydrogens is 276 g/mol. The molecule has 3 aromatic rings. The minimum absolute atomic E-state index is 0.140. The van der Waals surface area contributed by atoms with Gasteiger partial charge in [-0.05, 0) is 30.2 Å². The Morgan fingerprint density at radius 3 is 2.64 bits per heavy atom. The Labute approximate surface area is 128 Å². The Kier molecular flexibility index (Phi) is 3.92. The van der Waals surface area contributed by atoms with Gasteiger partial charge in [-0.25, -0.2) is 4.98 Å². The molecular formula is C18H18N2O2. The van der Waals surface area contributed by atoms with Crippen LogP contribution >= 0.6 is 0 Å². The monoisotopic (exact) mass is 294 g/mol. The normalized spacial score (nSPS) is 11.0. The minimum Gasteiger partial charge on any atom is -0.493 e. The number of ether oxygens (including phenoxy) is 1. The minimum atomic E-state index is -0.140. The molecule has 22 heavy (non-hydrogen) atoms. The Bertz CT molecular complexity index is 853. The zero-order valence-electron chi connectivity index (χ0n) is 12.7. The molecule has 1 N–H and O–H groups in total. The van der Waals surface area contributed by atoms with E-state index in [1.807, 2.05) is 42.5 Å². The third kappa shape index (κ3) is 2.86. The summed E-state index contributed by atoms with van der Waals surface area (Å²) in [6.07, 6.45) is 0. The van der Waals surface area contributed by atoms with Crippen molar-refractivity contribution in [3.05, 3.63) is 58.9 Å². The van der Waals surface area contributed by atoms with Crippen LogP contribution in [0, 0.1) is 5.92 Å². The molecule has 0 fully saturated rings. The van der Waals surface area contributed by atoms with Crippen molar-refractivity contribution < 1.29 is 4.74 Å². The van der Waals surface area contributed by atoms with Crippen LogP contribution in [0.3, 0.4) is 0 Å². The van der Waals surface area contributed by atoms with Gasteiger partial charge in [0.05, 0.1) is 23.1 Å². The fraction of sp³-hybridized carbons (Fsp3) is 0.222. The van der Waals surface area contributed by atoms with Crippen molar-refractivity contribution >= 4 is 10.9 Å². The van der Waals surface area contributed by atoms with Crippen molar-refractivity contribution in [1.82, 2.24) is 9.97 Å². The number of aromatic nitrogens is 2. The van der Waals surface area contributed by atoms with Crippen LogP contribution in [0.4, 0.5) is 0 Å². The number of hydrogen-bond acceptors (Lipinski definition) is 3. The van der Waals surface area contributed by atoms with Crippen LogP contribution in [0.2, 0.25) is 0 Å². The first kappa shape index (κ1) is 14.3. The number of para-hydroxylation sites is 2. The van der Waals surface area contributed by atoms with E-state index in [1.54, 1.807) is 6.07 Å². The Morgan fingerprint density at radius 1 is 1.09 bits per heavy atom. The first-order valence-electron chi connectivity index (χ1n) is 7.36. The van der Waals surface area contributed by atoms with Crippen LogP contribution in [0.15, 0.2) is 53.3 Å². The highest BCUT2D eigenvalue weighted by Gasteiger charge is 2.11. The van der Waals surface area contributed by atoms with Gasteiger partial charge >= 0.3 is 0 Å². The van der Waals surface area contributed by atoms with Gasteiger partial charge in [0.2, 0.25) is 0 Å². The third-order valence-corrected chi connectivity index (χ3v) is 3.33. The van der Waals surface area contributed by atoms with Crippen molar-refractivity contribution in [3.8, 4) is 17.1 Å². The summed E-state index contributed by atoms with van der Waals surface area (Å²) in [6.45, 7) is 4.81. The number of hydrogen-bond donors (Lipinski definition) is 1. The molecule has 2 aromatic carbocycles. The number of nitrogens with zero attached hydrogens (tertiary/aromatic N) is 1. The molecule has 1 aromatic heterocycles. The van der Waals surface area contributed by atoms with Crippen molar-refractivity contribution in [2.45, 2.75) is 13.8 Å². The average molecular weight is 294 g/mol. The predicted molar refractivity (Wildman–Crippen MR) is 88.1 cm³/mol. The third-order valence-electron chi connectivity index (χ3n) is 3.33. The molecule has 3 rings (SSSR count). The number of nitrogens with one attached hydrogen (secondary N) is 1. The number of fused-ring (bicyclic) bond motifs is 1. The number of H-pyrrole nitrogens is 1. The first-order valence-corrected chi connectivity index (χ1v) is 7.36. The quantitative estimate of drug-likeness (QED) is 0.799. The average Bonchev–Trinajstić information content (AvgIpc) is 2.53. The summed E-state index contributed by atoms with van der Waals surface area (Å²) in [5.41, 5.74) is 1.34. The van der Waals surface area contributed by atoms with Crippen molar-refractivity contribution in [2.24, 2.45) is 5.92 Å². The van der Waals surface area contributed by atoms with Gasteiger partial charge in [-0.15, -0.1) is 0 Å². The van der Waals surface area contributed by atoms with Gasteiger partial charge in [0.1, 0.15) is 11.6 Å². The molecule has 0 unspecified atom stereocenters. The molecule has 0 atom stereocenters. The molecule has 0 radical (unpaired) electrons. The van der Waals surface area contributed by atoms with Gasteiger partial charge in [0.15, 0.2) is 0 Å². The molecule has 0 saturated heterocycles. The van der Waals surface area contributed by atoms with E-state index >= 15 is 0 Å². The Balaban J connectivity index is 2.09. The number of benzene rings is 2. The molecule has 0 saturated carbocycles. The summed E-state index contributed by atoms with van der Waals surface area (Å²) in [5, 5.41) is 0.590. The van der Waals surface area contributed by atoms with Gasteiger partial charge < -0.3 is 9.72 Å². The van der Waals surface area contributed by atoms with Crippen molar-refractivity contribution in [1.29, 1.82) is 0 Å². The maximum absolute atomic E-state index is 12.2. The standard InChI is InChI=1S/C18H18N2O2/c1-12(2)11-22-16-10-6-4-8-14(16)17-19-15-9-5-3-7-13(15)18(21)20-17/h3-10,12H,11H2,1-2H3,(H,19,20,21). The summed E-state index contributed by atoms with van der Waals surface area (Å²) in [7, 11) is 0. The molecule has 0 aliphatic carbocycles. The van der Waals surface area contributed by atoms with Gasteiger partial charge in [-0.3, -0.25) is 4.79 Å². The maximum atomic E-state index is 12.2. The molecule has 1 heterocycles. The first-order chi connectivity index (χ1) is 10.6. The fourth-order valence-corrected chi connectivity index (χ4v) is 2.26. The molecule has 4 heteroatoms. The topological polar surface area (TPSA) is 55.0 Å². The van der Waals surface area contributed by atoms with E-state index in [1.165, 1.54) is 0 Å². The lowest BCUT2D eigenvalue weighted by Gasteiger charge is -2.12. The van der Waals surface area contributed by atoms with E-state index in [0.29, 0.717) is 29.3 Å². The molecule has 0 bridgehead atoms. The van der Waals surface area contributed by atoms with Crippen LogP contribution in [-0.2, 0) is 0 Å². The molecule has 0 aliphatic heterocycles. The second kappa shape index (κ2) is 6.02. The maximum Gasteiger partial charge on any atom is 0.259 e. The van der Waals surface area contributed by atoms with Crippen LogP contribution in [0.5, 0.6) is 5.75 Å². The Morgan fingerprint density at radius 2 is 1.82 bits per heavy atom.